The minimum atomic E-state index is -0.864. The van der Waals surface area contributed by atoms with E-state index in [1.807, 2.05) is 27.7 Å². The third-order valence-corrected chi connectivity index (χ3v) is 5.23. The molecule has 2 aliphatic rings. The van der Waals surface area contributed by atoms with Crippen molar-refractivity contribution < 1.29 is 23.7 Å². The van der Waals surface area contributed by atoms with Gasteiger partial charge in [0.25, 0.3) is 5.91 Å². The highest BCUT2D eigenvalue weighted by molar-refractivity contribution is 6.23. The lowest BCUT2D eigenvalue weighted by atomic mass is 10.1. The van der Waals surface area contributed by atoms with Crippen molar-refractivity contribution in [1.82, 2.24) is 19.6 Å². The molecule has 29 heavy (non-hydrogen) atoms. The molecule has 0 aromatic carbocycles. The largest absolute Gasteiger partial charge is 0.421 e. The second kappa shape index (κ2) is 7.74. The lowest BCUT2D eigenvalue weighted by Crippen LogP contribution is -2.64. The van der Waals surface area contributed by atoms with Crippen molar-refractivity contribution in [2.45, 2.75) is 33.7 Å². The smallest absolute Gasteiger partial charge is 0.378 e. The van der Waals surface area contributed by atoms with Crippen molar-refractivity contribution >= 4 is 29.6 Å². The average molecular weight is 404 g/mol. The SMILES string of the molecule is CCOCC[N+]1=C(n2nc(C)c(C)c2C)N=C2C1C(=O)N(CC(N)=O)C(=O)N2C. The van der Waals surface area contributed by atoms with Gasteiger partial charge in [-0.3, -0.25) is 19.4 Å². The van der Waals surface area contributed by atoms with Crippen LogP contribution in [-0.2, 0) is 14.3 Å². The van der Waals surface area contributed by atoms with Crippen LogP contribution < -0.4 is 5.73 Å². The highest BCUT2D eigenvalue weighted by atomic mass is 16.5. The second-order valence-electron chi connectivity index (χ2n) is 7.00. The highest BCUT2D eigenvalue weighted by Crippen LogP contribution is 2.22. The average Bonchev–Trinajstić information content (AvgIpc) is 3.16. The van der Waals surface area contributed by atoms with Gasteiger partial charge in [0.1, 0.15) is 12.2 Å². The normalized spacial score (nSPS) is 19.2. The number of imide groups is 1. The van der Waals surface area contributed by atoms with Crippen molar-refractivity contribution in [2.75, 3.05) is 33.4 Å². The molecule has 3 heterocycles. The summed E-state index contributed by atoms with van der Waals surface area (Å²) in [5.74, 6) is -0.585. The van der Waals surface area contributed by atoms with Gasteiger partial charge in [-0.15, -0.1) is 9.78 Å². The second-order valence-corrected chi connectivity index (χ2v) is 7.00. The molecule has 0 bridgehead atoms. The first kappa shape index (κ1) is 20.6. The van der Waals surface area contributed by atoms with Crippen molar-refractivity contribution in [2.24, 2.45) is 10.7 Å². The molecule has 4 amide bonds. The summed E-state index contributed by atoms with van der Waals surface area (Å²) in [5.41, 5.74) is 7.99. The summed E-state index contributed by atoms with van der Waals surface area (Å²) in [6.07, 6.45) is 0. The number of hydrogen-bond donors (Lipinski definition) is 1. The zero-order valence-corrected chi connectivity index (χ0v) is 17.3. The van der Waals surface area contributed by atoms with E-state index in [0.29, 0.717) is 25.7 Å². The summed E-state index contributed by atoms with van der Waals surface area (Å²) >= 11 is 0. The predicted molar refractivity (Wildman–Crippen MR) is 104 cm³/mol. The Kier molecular flexibility index (Phi) is 5.51. The zero-order valence-electron chi connectivity index (χ0n) is 17.3. The lowest BCUT2D eigenvalue weighted by molar-refractivity contribution is -0.540. The summed E-state index contributed by atoms with van der Waals surface area (Å²) in [5, 5.41) is 4.55. The predicted octanol–water partition coefficient (Wildman–Crippen LogP) is -0.779. The minimum Gasteiger partial charge on any atom is -0.378 e. The van der Waals surface area contributed by atoms with Crippen LogP contribution in [0.1, 0.15) is 23.9 Å². The van der Waals surface area contributed by atoms with Gasteiger partial charge >= 0.3 is 12.0 Å². The van der Waals surface area contributed by atoms with Crippen LogP contribution in [0, 0.1) is 20.8 Å². The Labute approximate surface area is 168 Å². The number of amidine groups is 1. The molecule has 1 atom stereocenters. The number of fused-ring (bicyclic) bond motifs is 1. The van der Waals surface area contributed by atoms with Gasteiger partial charge in [0.2, 0.25) is 17.8 Å². The van der Waals surface area contributed by atoms with E-state index < -0.39 is 30.4 Å². The number of nitrogens with two attached hydrogens (primary N) is 1. The third kappa shape index (κ3) is 3.41. The Bertz CT molecular complexity index is 946. The molecule has 2 N–H and O–H groups in total. The number of aromatic nitrogens is 2. The maximum absolute atomic E-state index is 13.1. The molecular formula is C18H26N7O4+. The first-order valence-corrected chi connectivity index (χ1v) is 9.39. The molecule has 11 heteroatoms. The van der Waals surface area contributed by atoms with Crippen LogP contribution in [0.3, 0.4) is 0 Å². The molecule has 2 aliphatic heterocycles. The number of rotatable bonds is 6. The van der Waals surface area contributed by atoms with Crippen molar-refractivity contribution in [3.8, 4) is 0 Å². The minimum absolute atomic E-state index is 0.289. The molecule has 0 saturated carbocycles. The Morgan fingerprint density at radius 2 is 1.97 bits per heavy atom. The molecule has 3 rings (SSSR count). The van der Waals surface area contributed by atoms with Crippen LogP contribution in [0.2, 0.25) is 0 Å². The first-order valence-electron chi connectivity index (χ1n) is 9.39. The summed E-state index contributed by atoms with van der Waals surface area (Å²) in [7, 11) is 1.52. The number of carbonyl (C=O) groups is 3. The van der Waals surface area contributed by atoms with Gasteiger partial charge in [-0.05, 0) is 27.7 Å². The van der Waals surface area contributed by atoms with E-state index in [1.165, 1.54) is 11.9 Å². The molecule has 0 spiro atoms. The van der Waals surface area contributed by atoms with Crippen LogP contribution in [0.5, 0.6) is 0 Å². The molecular weight excluding hydrogens is 378 g/mol. The van der Waals surface area contributed by atoms with Crippen LogP contribution >= 0.6 is 0 Å². The van der Waals surface area contributed by atoms with Crippen LogP contribution in [0.25, 0.3) is 0 Å². The van der Waals surface area contributed by atoms with E-state index >= 15 is 0 Å². The fraction of sp³-hybridized carbons (Fsp3) is 0.556. The first-order chi connectivity index (χ1) is 13.7. The summed E-state index contributed by atoms with van der Waals surface area (Å²) in [6, 6.07) is -1.50. The third-order valence-electron chi connectivity index (χ3n) is 5.23. The summed E-state index contributed by atoms with van der Waals surface area (Å²) in [4.78, 5) is 43.9. The van der Waals surface area contributed by atoms with E-state index in [2.05, 4.69) is 10.1 Å². The van der Waals surface area contributed by atoms with Gasteiger partial charge in [0.05, 0.1) is 18.8 Å². The molecule has 0 aliphatic carbocycles. The van der Waals surface area contributed by atoms with Gasteiger partial charge < -0.3 is 10.5 Å². The van der Waals surface area contributed by atoms with Crippen LogP contribution in [0.4, 0.5) is 4.79 Å². The number of nitrogens with zero attached hydrogens (tertiary/aromatic N) is 6. The molecule has 1 aromatic heterocycles. The number of hydrogen-bond acceptors (Lipinski definition) is 6. The maximum atomic E-state index is 13.1. The topological polar surface area (TPSA) is 126 Å². The number of primary amides is 1. The van der Waals surface area contributed by atoms with Gasteiger partial charge in [-0.25, -0.2) is 9.37 Å². The summed E-state index contributed by atoms with van der Waals surface area (Å²) < 4.78 is 8.90. The van der Waals surface area contributed by atoms with Crippen LogP contribution in [-0.4, -0.2) is 93.2 Å². The Balaban J connectivity index is 2.12. The monoisotopic (exact) mass is 404 g/mol. The van der Waals surface area contributed by atoms with Gasteiger partial charge in [0.15, 0.2) is 0 Å². The molecule has 1 aromatic rings. The van der Waals surface area contributed by atoms with Crippen molar-refractivity contribution in [3.05, 3.63) is 17.0 Å². The number of urea groups is 1. The van der Waals surface area contributed by atoms with E-state index in [-0.39, 0.29) is 5.84 Å². The Morgan fingerprint density at radius 1 is 1.28 bits per heavy atom. The van der Waals surface area contributed by atoms with Gasteiger partial charge in [0, 0.05) is 19.2 Å². The number of aliphatic imine (C=N–C) groups is 1. The van der Waals surface area contributed by atoms with Crippen molar-refractivity contribution in [1.29, 1.82) is 0 Å². The highest BCUT2D eigenvalue weighted by Gasteiger charge is 2.53. The molecule has 1 saturated heterocycles. The van der Waals surface area contributed by atoms with E-state index in [0.717, 1.165) is 21.9 Å². The molecule has 0 radical (unpaired) electrons. The molecule has 1 fully saturated rings. The fourth-order valence-corrected chi connectivity index (χ4v) is 3.43. The molecule has 1 unspecified atom stereocenters. The van der Waals surface area contributed by atoms with Crippen LogP contribution in [0.15, 0.2) is 4.99 Å². The Morgan fingerprint density at radius 3 is 2.52 bits per heavy atom. The number of ether oxygens (including phenoxy) is 1. The zero-order chi connectivity index (χ0) is 21.5. The number of aryl methyl sites for hydroxylation is 1. The standard InChI is InChI=1S/C18H25N7O4/c1-6-29-8-7-23-14-15(20-17(23)25-12(4)10(2)11(3)21-25)22(5)18(28)24(16(14)27)9-13(19)26/h14H,6-9H2,1-5H3,(H-,19,26)/p+1. The lowest BCUT2D eigenvalue weighted by Gasteiger charge is -2.33. The van der Waals surface area contributed by atoms with E-state index in [9.17, 15) is 14.4 Å². The van der Waals surface area contributed by atoms with Gasteiger partial charge in [-0.2, -0.15) is 0 Å². The fourth-order valence-electron chi connectivity index (χ4n) is 3.43. The quantitative estimate of drug-likeness (QED) is 0.492. The number of amides is 4. The van der Waals surface area contributed by atoms with Gasteiger partial charge in [-0.1, -0.05) is 4.99 Å². The molecule has 156 valence electrons. The molecule has 11 nitrogen and oxygen atoms in total. The van der Waals surface area contributed by atoms with E-state index in [1.54, 1.807) is 9.26 Å². The maximum Gasteiger partial charge on any atom is 0.421 e. The van der Waals surface area contributed by atoms with Crippen molar-refractivity contribution in [3.63, 3.8) is 0 Å². The number of likely N-dealkylation sites (N-methyl/N-ethyl adjacent to an activating group) is 1. The van der Waals surface area contributed by atoms with E-state index in [4.69, 9.17) is 10.5 Å². The number of carbonyl (C=O) groups excluding carboxylic acids is 3. The summed E-state index contributed by atoms with van der Waals surface area (Å²) in [6.45, 7) is 8.42. The Hall–Kier alpha value is -3.08.